The normalized spacial score (nSPS) is 14.3. The minimum absolute atomic E-state index is 0. The Bertz CT molecular complexity index is 89.1. The second kappa shape index (κ2) is 8.72. The molecule has 0 atom stereocenters. The molecule has 9 heavy (non-hydrogen) atoms. The molecule has 2 nitrogen and oxygen atoms in total. The molecule has 1 aliphatic carbocycles. The van der Waals surface area contributed by atoms with E-state index in [0.29, 0.717) is 5.92 Å². The van der Waals surface area contributed by atoms with E-state index >= 15 is 0 Å². The molecule has 0 amide bonds. The zero-order chi connectivity index (χ0) is 6.41. The first kappa shape index (κ1) is 12.4. The van der Waals surface area contributed by atoms with Crippen molar-refractivity contribution in [2.45, 2.75) is 12.8 Å². The maximum absolute atomic E-state index is 7.96. The van der Waals surface area contributed by atoms with E-state index in [2.05, 4.69) is 6.07 Å². The number of halogens is 2. The average molecular weight is 350 g/mol. The van der Waals surface area contributed by atoms with Crippen molar-refractivity contribution in [2.75, 3.05) is 0 Å². The van der Waals surface area contributed by atoms with Gasteiger partial charge in [0.05, 0.1) is 6.07 Å². The predicted molar refractivity (Wildman–Crippen MR) is 35.1 cm³/mol. The summed E-state index contributed by atoms with van der Waals surface area (Å²) in [5.74, 6) is 0.440. The van der Waals surface area contributed by atoms with Gasteiger partial charge < -0.3 is 6.15 Å². The van der Waals surface area contributed by atoms with Crippen LogP contribution in [-0.2, 0) is 16.5 Å². The first-order chi connectivity index (χ1) is 3.85. The molecule has 1 rings (SSSR count). The molecule has 5 heteroatoms. The number of nitriles is 1. The molecule has 0 radical (unpaired) electrons. The molecule has 3 N–H and O–H groups in total. The van der Waals surface area contributed by atoms with Gasteiger partial charge in [0.15, 0.2) is 0 Å². The summed E-state index contributed by atoms with van der Waals surface area (Å²) >= 11 is -0.472. The van der Waals surface area contributed by atoms with Crippen molar-refractivity contribution >= 4 is 18.8 Å². The van der Waals surface area contributed by atoms with Crippen LogP contribution >= 0.6 is 18.8 Å². The van der Waals surface area contributed by atoms with Crippen LogP contribution < -0.4 is 6.15 Å². The van der Waals surface area contributed by atoms with Crippen LogP contribution in [0.3, 0.4) is 0 Å². The van der Waals surface area contributed by atoms with Crippen molar-refractivity contribution in [3.8, 4) is 6.07 Å². The fourth-order valence-corrected chi connectivity index (χ4v) is 0.212. The zero-order valence-corrected chi connectivity index (χ0v) is 8.50. The summed E-state index contributed by atoms with van der Waals surface area (Å²) in [6.07, 6.45) is 2.30. The second-order valence-electron chi connectivity index (χ2n) is 1.45. The van der Waals surface area contributed by atoms with Gasteiger partial charge in [0.1, 0.15) is 0 Å². The van der Waals surface area contributed by atoms with Crippen molar-refractivity contribution in [3.05, 3.63) is 0 Å². The van der Waals surface area contributed by atoms with E-state index in [-0.39, 0.29) is 6.15 Å². The molecule has 1 fully saturated rings. The van der Waals surface area contributed by atoms with Gasteiger partial charge >= 0.3 is 35.3 Å². The van der Waals surface area contributed by atoms with E-state index in [1.807, 2.05) is 0 Å². The molecule has 0 aromatic rings. The van der Waals surface area contributed by atoms with Crippen molar-refractivity contribution in [3.63, 3.8) is 0 Å². The Balaban J connectivity index is 0. The molecule has 0 aromatic carbocycles. The van der Waals surface area contributed by atoms with Crippen molar-refractivity contribution in [1.29, 1.82) is 5.26 Å². The van der Waals surface area contributed by atoms with Crippen molar-refractivity contribution in [1.82, 2.24) is 6.15 Å². The van der Waals surface area contributed by atoms with Crippen molar-refractivity contribution in [2.24, 2.45) is 5.92 Å². The first-order valence-electron chi connectivity index (χ1n) is 2.07. The molecule has 0 unspecified atom stereocenters. The fourth-order valence-electron chi connectivity index (χ4n) is 0.212. The van der Waals surface area contributed by atoms with Crippen LogP contribution in [0.5, 0.6) is 0 Å². The van der Waals surface area contributed by atoms with E-state index in [1.54, 1.807) is 0 Å². The summed E-state index contributed by atoms with van der Waals surface area (Å²) in [5.41, 5.74) is 0. The molecule has 0 saturated heterocycles. The zero-order valence-electron chi connectivity index (χ0n) is 4.72. The third-order valence-electron chi connectivity index (χ3n) is 0.760. The molecule has 1 aliphatic rings. The van der Waals surface area contributed by atoms with Gasteiger partial charge in [-0.25, -0.2) is 0 Å². The quantitative estimate of drug-likeness (QED) is 0.730. The Kier molecular flexibility index (Phi) is 12.0. The topological polar surface area (TPSA) is 58.8 Å². The summed E-state index contributed by atoms with van der Waals surface area (Å²) in [4.78, 5) is 0. The van der Waals surface area contributed by atoms with Gasteiger partial charge in [-0.1, -0.05) is 0 Å². The van der Waals surface area contributed by atoms with Crippen LogP contribution in [0.2, 0.25) is 0 Å². The molecule has 1 saturated carbocycles. The van der Waals surface area contributed by atoms with Gasteiger partial charge in [-0.2, -0.15) is 5.26 Å². The Morgan fingerprint density at radius 3 is 1.78 bits per heavy atom. The van der Waals surface area contributed by atoms with Crippen molar-refractivity contribution < 1.29 is 16.5 Å². The monoisotopic (exact) mass is 349 g/mol. The molecular weight excluding hydrogens is 342 g/mol. The Labute approximate surface area is 71.5 Å². The molecular formula is C4H8Cl2N2Pt. The molecule has 0 aliphatic heterocycles. The van der Waals surface area contributed by atoms with E-state index in [4.69, 9.17) is 24.1 Å². The van der Waals surface area contributed by atoms with Gasteiger partial charge in [0.2, 0.25) is 0 Å². The molecule has 0 heterocycles. The van der Waals surface area contributed by atoms with Gasteiger partial charge in [0, 0.05) is 5.92 Å². The first-order valence-corrected chi connectivity index (χ1v) is 7.70. The number of hydrogen-bond donors (Lipinski definition) is 1. The maximum atomic E-state index is 7.96. The molecule has 0 aromatic heterocycles. The summed E-state index contributed by atoms with van der Waals surface area (Å²) < 4.78 is 0. The summed E-state index contributed by atoms with van der Waals surface area (Å²) in [6, 6.07) is 2.14. The standard InChI is InChI=1S/C4H5N.2ClH.H3N.Pt/c5-3-4-1-2-4;;;;/h4H,1-2H2;2*1H;1H3;/q;;;;+2/p-2. The van der Waals surface area contributed by atoms with E-state index < -0.39 is 16.5 Å². The van der Waals surface area contributed by atoms with Crippen LogP contribution in [-0.4, -0.2) is 0 Å². The van der Waals surface area contributed by atoms with Gasteiger partial charge in [0.25, 0.3) is 0 Å². The SMILES string of the molecule is N.N#CC1CC1.[Cl][Pt][Cl]. The van der Waals surface area contributed by atoms with Crippen LogP contribution in [0.25, 0.3) is 0 Å². The van der Waals surface area contributed by atoms with E-state index in [1.165, 1.54) is 0 Å². The third kappa shape index (κ3) is 12.0. The predicted octanol–water partition coefficient (Wildman–Crippen LogP) is 2.46. The van der Waals surface area contributed by atoms with Gasteiger partial charge in [-0.05, 0) is 12.8 Å². The van der Waals surface area contributed by atoms with Gasteiger partial charge in [-0.3, -0.25) is 0 Å². The van der Waals surface area contributed by atoms with Crippen LogP contribution in [0.15, 0.2) is 0 Å². The Hall–Kier alpha value is 0.718. The molecule has 0 bridgehead atoms. The van der Waals surface area contributed by atoms with E-state index in [0.717, 1.165) is 12.8 Å². The Morgan fingerprint density at radius 1 is 1.44 bits per heavy atom. The van der Waals surface area contributed by atoms with Crippen LogP contribution in [0.1, 0.15) is 12.8 Å². The van der Waals surface area contributed by atoms with E-state index in [9.17, 15) is 0 Å². The Morgan fingerprint density at radius 2 is 1.78 bits per heavy atom. The number of nitrogens with zero attached hydrogens (tertiary/aromatic N) is 1. The fraction of sp³-hybridized carbons (Fsp3) is 0.750. The van der Waals surface area contributed by atoms with Gasteiger partial charge in [-0.15, -0.1) is 0 Å². The summed E-state index contributed by atoms with van der Waals surface area (Å²) in [6.45, 7) is 0. The minimum atomic E-state index is -0.472. The molecule has 0 spiro atoms. The molecule has 58 valence electrons. The summed E-state index contributed by atoms with van der Waals surface area (Å²) in [7, 11) is 9.75. The second-order valence-corrected chi connectivity index (χ2v) is 4.73. The number of hydrogen-bond acceptors (Lipinski definition) is 2. The third-order valence-corrected chi connectivity index (χ3v) is 0.760. The average Bonchev–Trinajstić information content (AvgIpc) is 2.48. The van der Waals surface area contributed by atoms with Crippen LogP contribution in [0.4, 0.5) is 0 Å². The number of rotatable bonds is 0. The summed E-state index contributed by atoms with van der Waals surface area (Å²) in [5, 5.41) is 7.96. The van der Waals surface area contributed by atoms with Crippen LogP contribution in [0, 0.1) is 17.2 Å².